The van der Waals surface area contributed by atoms with Gasteiger partial charge >= 0.3 is 0 Å². The predicted octanol–water partition coefficient (Wildman–Crippen LogP) is 3.32. The van der Waals surface area contributed by atoms with Crippen LogP contribution in [0.2, 0.25) is 0 Å². The molecule has 5 heteroatoms. The molecule has 0 atom stereocenters. The van der Waals surface area contributed by atoms with Crippen LogP contribution < -0.4 is 5.32 Å². The largest absolute Gasteiger partial charge is 0.351 e. The summed E-state index contributed by atoms with van der Waals surface area (Å²) in [7, 11) is 0. The second kappa shape index (κ2) is 6.35. The Morgan fingerprint density at radius 2 is 2.24 bits per heavy atom. The summed E-state index contributed by atoms with van der Waals surface area (Å²) in [4.78, 5) is 21.9. The number of carbonyl (C=O) groups excluding carboxylic acids is 1. The Kier molecular flexibility index (Phi) is 4.29. The maximum absolute atomic E-state index is 12.1. The summed E-state index contributed by atoms with van der Waals surface area (Å²) in [5, 5.41) is 4.03. The van der Waals surface area contributed by atoms with Crippen molar-refractivity contribution in [2.45, 2.75) is 39.2 Å². The van der Waals surface area contributed by atoms with Crippen LogP contribution in [-0.4, -0.2) is 15.9 Å². The van der Waals surface area contributed by atoms with Crippen LogP contribution in [-0.2, 0) is 11.3 Å². The Morgan fingerprint density at radius 3 is 2.95 bits per heavy atom. The van der Waals surface area contributed by atoms with E-state index in [-0.39, 0.29) is 11.8 Å². The second-order valence-corrected chi connectivity index (χ2v) is 6.55. The van der Waals surface area contributed by atoms with Crippen LogP contribution in [0.1, 0.15) is 36.3 Å². The van der Waals surface area contributed by atoms with Crippen molar-refractivity contribution < 1.29 is 4.79 Å². The van der Waals surface area contributed by atoms with Gasteiger partial charge in [0.05, 0.1) is 12.2 Å². The Morgan fingerprint density at radius 1 is 1.43 bits per heavy atom. The van der Waals surface area contributed by atoms with E-state index in [0.29, 0.717) is 6.54 Å². The number of rotatable bonds is 4. The zero-order valence-electron chi connectivity index (χ0n) is 12.1. The normalized spacial score (nSPS) is 15.3. The topological polar surface area (TPSA) is 54.9 Å². The fourth-order valence-corrected chi connectivity index (χ4v) is 3.70. The van der Waals surface area contributed by atoms with Crippen molar-refractivity contribution in [3.63, 3.8) is 0 Å². The van der Waals surface area contributed by atoms with Crippen molar-refractivity contribution in [1.29, 1.82) is 0 Å². The van der Waals surface area contributed by atoms with Gasteiger partial charge in [0.1, 0.15) is 5.01 Å². The lowest BCUT2D eigenvalue weighted by molar-refractivity contribution is -0.124. The molecule has 110 valence electrons. The fourth-order valence-electron chi connectivity index (χ4n) is 2.70. The number of nitrogens with one attached hydrogen (secondary N) is 1. The van der Waals surface area contributed by atoms with Crippen molar-refractivity contribution in [2.24, 2.45) is 5.92 Å². The minimum Gasteiger partial charge on any atom is -0.351 e. The highest BCUT2D eigenvalue weighted by atomic mass is 32.1. The molecule has 0 unspecified atom stereocenters. The molecule has 21 heavy (non-hydrogen) atoms. The van der Waals surface area contributed by atoms with Crippen LogP contribution in [0, 0.1) is 12.8 Å². The molecular weight excluding hydrogens is 282 g/mol. The number of hydrogen-bond acceptors (Lipinski definition) is 4. The number of pyridine rings is 1. The molecular formula is C16H19N3OS. The molecule has 1 amide bonds. The third-order valence-corrected chi connectivity index (χ3v) is 5.16. The van der Waals surface area contributed by atoms with Crippen molar-refractivity contribution in [3.05, 3.63) is 35.1 Å². The van der Waals surface area contributed by atoms with E-state index in [4.69, 9.17) is 0 Å². The molecule has 0 radical (unpaired) electrons. The maximum Gasteiger partial charge on any atom is 0.223 e. The van der Waals surface area contributed by atoms with Crippen LogP contribution in [0.3, 0.4) is 0 Å². The van der Waals surface area contributed by atoms with Crippen molar-refractivity contribution in [3.8, 4) is 10.6 Å². The monoisotopic (exact) mass is 301 g/mol. The highest BCUT2D eigenvalue weighted by Gasteiger charge is 2.22. The van der Waals surface area contributed by atoms with Crippen molar-refractivity contribution in [2.75, 3.05) is 0 Å². The molecule has 1 N–H and O–H groups in total. The molecule has 1 saturated carbocycles. The molecule has 1 aliphatic carbocycles. The third-order valence-electron chi connectivity index (χ3n) is 3.95. The van der Waals surface area contributed by atoms with Gasteiger partial charge in [0.2, 0.25) is 5.91 Å². The Hall–Kier alpha value is -1.75. The highest BCUT2D eigenvalue weighted by Crippen LogP contribution is 2.28. The number of thiazole rings is 1. The molecule has 1 fully saturated rings. The Bertz CT molecular complexity index is 618. The smallest absolute Gasteiger partial charge is 0.223 e. The number of aryl methyl sites for hydroxylation is 1. The summed E-state index contributed by atoms with van der Waals surface area (Å²) in [6, 6.07) is 3.92. The van der Waals surface area contributed by atoms with Crippen LogP contribution in [0.15, 0.2) is 24.5 Å². The number of nitrogens with zero attached hydrogens (tertiary/aromatic N) is 2. The van der Waals surface area contributed by atoms with Crippen LogP contribution >= 0.6 is 11.3 Å². The Labute approximate surface area is 128 Å². The van der Waals surface area contributed by atoms with E-state index >= 15 is 0 Å². The predicted molar refractivity (Wildman–Crippen MR) is 83.9 cm³/mol. The van der Waals surface area contributed by atoms with Crippen LogP contribution in [0.25, 0.3) is 10.6 Å². The van der Waals surface area contributed by atoms with Crippen molar-refractivity contribution in [1.82, 2.24) is 15.3 Å². The summed E-state index contributed by atoms with van der Waals surface area (Å²) in [5.74, 6) is 0.416. The number of amides is 1. The average molecular weight is 301 g/mol. The lowest BCUT2D eigenvalue weighted by Gasteiger charge is -2.09. The van der Waals surface area contributed by atoms with Gasteiger partial charge in [-0.05, 0) is 31.9 Å². The zero-order chi connectivity index (χ0) is 14.7. The van der Waals surface area contributed by atoms with E-state index in [0.717, 1.165) is 34.0 Å². The lowest BCUT2D eigenvalue weighted by atomic mass is 10.1. The van der Waals surface area contributed by atoms with E-state index in [1.807, 2.05) is 25.3 Å². The first-order chi connectivity index (χ1) is 10.2. The first-order valence-electron chi connectivity index (χ1n) is 7.38. The van der Waals surface area contributed by atoms with Gasteiger partial charge in [0, 0.05) is 28.8 Å². The van der Waals surface area contributed by atoms with Crippen molar-refractivity contribution >= 4 is 17.2 Å². The van der Waals surface area contributed by atoms with E-state index in [1.165, 1.54) is 12.8 Å². The molecule has 3 rings (SSSR count). The zero-order valence-corrected chi connectivity index (χ0v) is 12.9. The van der Waals surface area contributed by atoms with Gasteiger partial charge in [-0.25, -0.2) is 4.98 Å². The van der Waals surface area contributed by atoms with E-state index in [9.17, 15) is 4.79 Å². The van der Waals surface area contributed by atoms with E-state index < -0.39 is 0 Å². The molecule has 2 aromatic rings. The molecule has 0 aromatic carbocycles. The molecule has 0 bridgehead atoms. The minimum atomic E-state index is 0.197. The Balaban J connectivity index is 1.66. The van der Waals surface area contributed by atoms with Gasteiger partial charge in [0.25, 0.3) is 0 Å². The molecule has 0 aliphatic heterocycles. The average Bonchev–Trinajstić information content (AvgIpc) is 3.16. The SMILES string of the molecule is Cc1nc(-c2cccnc2)sc1CNC(=O)C1CCCC1. The molecule has 0 spiro atoms. The summed E-state index contributed by atoms with van der Waals surface area (Å²) in [5.41, 5.74) is 2.02. The maximum atomic E-state index is 12.1. The van der Waals surface area contributed by atoms with Gasteiger partial charge in [-0.1, -0.05) is 12.8 Å². The number of carbonyl (C=O) groups is 1. The van der Waals surface area contributed by atoms with Gasteiger partial charge in [0.15, 0.2) is 0 Å². The summed E-state index contributed by atoms with van der Waals surface area (Å²) in [6.45, 7) is 2.58. The minimum absolute atomic E-state index is 0.197. The molecule has 2 heterocycles. The quantitative estimate of drug-likeness (QED) is 0.942. The fraction of sp³-hybridized carbons (Fsp3) is 0.438. The van der Waals surface area contributed by atoms with Crippen LogP contribution in [0.5, 0.6) is 0 Å². The molecule has 4 nitrogen and oxygen atoms in total. The lowest BCUT2D eigenvalue weighted by Crippen LogP contribution is -2.28. The highest BCUT2D eigenvalue weighted by molar-refractivity contribution is 7.15. The van der Waals surface area contributed by atoms with Crippen LogP contribution in [0.4, 0.5) is 0 Å². The molecule has 2 aromatic heterocycles. The molecule has 1 aliphatic rings. The first kappa shape index (κ1) is 14.2. The van der Waals surface area contributed by atoms with Gasteiger partial charge < -0.3 is 5.32 Å². The third kappa shape index (κ3) is 3.29. The second-order valence-electron chi connectivity index (χ2n) is 5.47. The van der Waals surface area contributed by atoms with E-state index in [2.05, 4.69) is 15.3 Å². The van der Waals surface area contributed by atoms with E-state index in [1.54, 1.807) is 17.5 Å². The first-order valence-corrected chi connectivity index (χ1v) is 8.20. The molecule has 0 saturated heterocycles. The van der Waals surface area contributed by atoms with Gasteiger partial charge in [-0.15, -0.1) is 11.3 Å². The van der Waals surface area contributed by atoms with Gasteiger partial charge in [-0.2, -0.15) is 0 Å². The summed E-state index contributed by atoms with van der Waals surface area (Å²) < 4.78 is 0. The summed E-state index contributed by atoms with van der Waals surface area (Å²) in [6.07, 6.45) is 8.01. The standard InChI is InChI=1S/C16H19N3OS/c1-11-14(10-18-15(20)12-5-2-3-6-12)21-16(19-11)13-7-4-8-17-9-13/h4,7-9,12H,2-3,5-6,10H2,1H3,(H,18,20). The van der Waals surface area contributed by atoms with Gasteiger partial charge in [-0.3, -0.25) is 9.78 Å². The number of hydrogen-bond donors (Lipinski definition) is 1. The number of aromatic nitrogens is 2. The summed E-state index contributed by atoms with van der Waals surface area (Å²) >= 11 is 1.63.